The van der Waals surface area contributed by atoms with E-state index in [4.69, 9.17) is 23.2 Å². The molecule has 2 rings (SSSR count). The van der Waals surface area contributed by atoms with Gasteiger partial charge in [0.2, 0.25) is 0 Å². The second-order valence-electron chi connectivity index (χ2n) is 3.96. The predicted molar refractivity (Wildman–Crippen MR) is 70.9 cm³/mol. The molecule has 2 aromatic rings. The molecule has 0 aliphatic rings. The SMILES string of the molecule is CCNc1cc(C(F)(F)F)nc2cc(Cl)c(F)c(Cl)c12. The second kappa shape index (κ2) is 5.26. The molecule has 0 saturated heterocycles. The van der Waals surface area contributed by atoms with Crippen molar-refractivity contribution in [3.8, 4) is 0 Å². The second-order valence-corrected chi connectivity index (χ2v) is 4.75. The highest BCUT2D eigenvalue weighted by Gasteiger charge is 2.34. The van der Waals surface area contributed by atoms with Crippen molar-refractivity contribution in [2.24, 2.45) is 0 Å². The summed E-state index contributed by atoms with van der Waals surface area (Å²) in [5.74, 6) is -0.887. The maximum absolute atomic E-state index is 13.7. The van der Waals surface area contributed by atoms with Gasteiger partial charge in [0.25, 0.3) is 0 Å². The molecule has 0 bridgehead atoms. The van der Waals surface area contributed by atoms with Crippen LogP contribution in [0.3, 0.4) is 0 Å². The molecule has 20 heavy (non-hydrogen) atoms. The average Bonchev–Trinajstić information content (AvgIpc) is 2.34. The van der Waals surface area contributed by atoms with E-state index in [1.54, 1.807) is 6.92 Å². The summed E-state index contributed by atoms with van der Waals surface area (Å²) in [7, 11) is 0. The third kappa shape index (κ3) is 2.62. The summed E-state index contributed by atoms with van der Waals surface area (Å²) < 4.78 is 52.0. The molecule has 108 valence electrons. The zero-order valence-corrected chi connectivity index (χ0v) is 11.6. The number of benzene rings is 1. The van der Waals surface area contributed by atoms with Crippen LogP contribution in [-0.4, -0.2) is 11.5 Å². The maximum Gasteiger partial charge on any atom is 0.433 e. The number of pyridine rings is 1. The fourth-order valence-electron chi connectivity index (χ4n) is 1.77. The summed E-state index contributed by atoms with van der Waals surface area (Å²) in [5.41, 5.74) is -1.16. The van der Waals surface area contributed by atoms with Crippen LogP contribution in [0.4, 0.5) is 23.2 Å². The molecule has 0 unspecified atom stereocenters. The molecule has 1 aromatic heterocycles. The summed E-state index contributed by atoms with van der Waals surface area (Å²) in [6.07, 6.45) is -4.62. The molecule has 0 atom stereocenters. The summed E-state index contributed by atoms with van der Waals surface area (Å²) in [6, 6.07) is 1.82. The van der Waals surface area contributed by atoms with Crippen molar-refractivity contribution in [2.45, 2.75) is 13.1 Å². The van der Waals surface area contributed by atoms with Crippen LogP contribution in [0.25, 0.3) is 10.9 Å². The largest absolute Gasteiger partial charge is 0.433 e. The van der Waals surface area contributed by atoms with Gasteiger partial charge in [-0.15, -0.1) is 0 Å². The molecule has 0 aliphatic carbocycles. The third-order valence-corrected chi connectivity index (χ3v) is 3.22. The van der Waals surface area contributed by atoms with Gasteiger partial charge in [0.05, 0.1) is 15.6 Å². The Bertz CT molecular complexity index is 671. The summed E-state index contributed by atoms with van der Waals surface area (Å²) in [5, 5.41) is 2.05. The van der Waals surface area contributed by atoms with Gasteiger partial charge in [-0.2, -0.15) is 13.2 Å². The first kappa shape index (κ1) is 15.1. The van der Waals surface area contributed by atoms with Crippen LogP contribution in [0, 0.1) is 5.82 Å². The number of aromatic nitrogens is 1. The number of hydrogen-bond donors (Lipinski definition) is 1. The van der Waals surface area contributed by atoms with Gasteiger partial charge >= 0.3 is 6.18 Å². The topological polar surface area (TPSA) is 24.9 Å². The van der Waals surface area contributed by atoms with Crippen LogP contribution < -0.4 is 5.32 Å². The quantitative estimate of drug-likeness (QED) is 0.611. The van der Waals surface area contributed by atoms with Crippen LogP contribution in [-0.2, 0) is 6.18 Å². The van der Waals surface area contributed by atoms with Gasteiger partial charge in [-0.3, -0.25) is 0 Å². The number of nitrogens with zero attached hydrogens (tertiary/aromatic N) is 1. The highest BCUT2D eigenvalue weighted by Crippen LogP contribution is 2.38. The number of alkyl halides is 3. The Morgan fingerprint density at radius 1 is 1.25 bits per heavy atom. The molecule has 0 aliphatic heterocycles. The first-order chi connectivity index (χ1) is 9.25. The van der Waals surface area contributed by atoms with Crippen molar-refractivity contribution in [3.63, 3.8) is 0 Å². The Balaban J connectivity index is 2.85. The molecule has 0 amide bonds. The molecular weight excluding hydrogens is 319 g/mol. The molecule has 2 nitrogen and oxygen atoms in total. The van der Waals surface area contributed by atoms with E-state index in [1.807, 2.05) is 0 Å². The minimum absolute atomic E-state index is 0.0605. The van der Waals surface area contributed by atoms with Crippen molar-refractivity contribution in [1.82, 2.24) is 4.98 Å². The fourth-order valence-corrected chi connectivity index (χ4v) is 2.32. The molecular formula is C12H8Cl2F4N2. The Morgan fingerprint density at radius 2 is 1.90 bits per heavy atom. The zero-order valence-electron chi connectivity index (χ0n) is 10.1. The number of fused-ring (bicyclic) bond motifs is 1. The van der Waals surface area contributed by atoms with E-state index in [0.29, 0.717) is 6.54 Å². The number of nitrogens with one attached hydrogen (secondary N) is 1. The molecule has 0 saturated carbocycles. The number of halogens is 6. The third-order valence-electron chi connectivity index (χ3n) is 2.59. The summed E-state index contributed by atoms with van der Waals surface area (Å²) in [4.78, 5) is 3.45. The lowest BCUT2D eigenvalue weighted by atomic mass is 10.1. The van der Waals surface area contributed by atoms with E-state index in [9.17, 15) is 17.6 Å². The van der Waals surface area contributed by atoms with E-state index in [1.165, 1.54) is 0 Å². The van der Waals surface area contributed by atoms with Crippen LogP contribution in [0.2, 0.25) is 10.0 Å². The lowest BCUT2D eigenvalue weighted by molar-refractivity contribution is -0.140. The van der Waals surface area contributed by atoms with E-state index in [2.05, 4.69) is 10.3 Å². The van der Waals surface area contributed by atoms with Gasteiger partial charge in [0.1, 0.15) is 5.69 Å². The van der Waals surface area contributed by atoms with Gasteiger partial charge in [0, 0.05) is 17.6 Å². The Kier molecular flexibility index (Phi) is 3.97. The van der Waals surface area contributed by atoms with E-state index >= 15 is 0 Å². The predicted octanol–water partition coefficient (Wildman–Crippen LogP) is 5.13. The normalized spacial score (nSPS) is 11.9. The van der Waals surface area contributed by atoms with E-state index < -0.39 is 17.7 Å². The Labute approximate surface area is 121 Å². The van der Waals surface area contributed by atoms with Crippen LogP contribution in [0.5, 0.6) is 0 Å². The smallest absolute Gasteiger partial charge is 0.385 e. The first-order valence-corrected chi connectivity index (χ1v) is 6.30. The first-order valence-electron chi connectivity index (χ1n) is 5.55. The minimum Gasteiger partial charge on any atom is -0.385 e. The van der Waals surface area contributed by atoms with Crippen molar-refractivity contribution in [2.75, 3.05) is 11.9 Å². The summed E-state index contributed by atoms with van der Waals surface area (Å²) in [6.45, 7) is 2.04. The van der Waals surface area contributed by atoms with Gasteiger partial charge in [-0.1, -0.05) is 23.2 Å². The lowest BCUT2D eigenvalue weighted by Gasteiger charge is -2.14. The Morgan fingerprint density at radius 3 is 2.45 bits per heavy atom. The van der Waals surface area contributed by atoms with Gasteiger partial charge < -0.3 is 5.32 Å². The molecule has 1 aromatic carbocycles. The molecule has 8 heteroatoms. The van der Waals surface area contributed by atoms with E-state index in [-0.39, 0.29) is 26.6 Å². The number of hydrogen-bond acceptors (Lipinski definition) is 2. The van der Waals surface area contributed by atoms with Crippen molar-refractivity contribution in [1.29, 1.82) is 0 Å². The fraction of sp³-hybridized carbons (Fsp3) is 0.250. The van der Waals surface area contributed by atoms with Gasteiger partial charge in [0.15, 0.2) is 5.82 Å². The highest BCUT2D eigenvalue weighted by molar-refractivity contribution is 6.39. The van der Waals surface area contributed by atoms with Gasteiger partial charge in [-0.25, -0.2) is 9.37 Å². The van der Waals surface area contributed by atoms with Crippen LogP contribution in [0.15, 0.2) is 12.1 Å². The zero-order chi connectivity index (χ0) is 15.1. The maximum atomic E-state index is 13.7. The number of rotatable bonds is 2. The average molecular weight is 327 g/mol. The van der Waals surface area contributed by atoms with Crippen molar-refractivity contribution in [3.05, 3.63) is 33.7 Å². The standard InChI is InChI=1S/C12H8Cl2F4N2/c1-2-19-6-4-8(12(16,17)18)20-7-3-5(13)11(15)10(14)9(6)7/h3-4H,2H2,1H3,(H,19,20). The minimum atomic E-state index is -4.62. The van der Waals surface area contributed by atoms with Crippen LogP contribution in [0.1, 0.15) is 12.6 Å². The molecule has 1 N–H and O–H groups in total. The Hall–Kier alpha value is -1.27. The number of anilines is 1. The molecule has 0 spiro atoms. The molecule has 0 radical (unpaired) electrons. The lowest BCUT2D eigenvalue weighted by Crippen LogP contribution is -2.10. The monoisotopic (exact) mass is 326 g/mol. The van der Waals surface area contributed by atoms with E-state index in [0.717, 1.165) is 12.1 Å². The van der Waals surface area contributed by atoms with Crippen molar-refractivity contribution < 1.29 is 17.6 Å². The summed E-state index contributed by atoms with van der Waals surface area (Å²) >= 11 is 11.4. The van der Waals surface area contributed by atoms with Crippen LogP contribution >= 0.6 is 23.2 Å². The molecule has 0 fully saturated rings. The van der Waals surface area contributed by atoms with Crippen molar-refractivity contribution >= 4 is 39.8 Å². The molecule has 1 heterocycles. The highest BCUT2D eigenvalue weighted by atomic mass is 35.5. The van der Waals surface area contributed by atoms with Gasteiger partial charge in [-0.05, 0) is 19.1 Å².